The van der Waals surface area contributed by atoms with E-state index in [4.69, 9.17) is 0 Å². The molecular weight excluding hydrogens is 396 g/mol. The van der Waals surface area contributed by atoms with Gasteiger partial charge in [0.15, 0.2) is 5.82 Å². The second-order valence-electron chi connectivity index (χ2n) is 5.24. The van der Waals surface area contributed by atoms with E-state index in [0.717, 1.165) is 16.6 Å². The predicted molar refractivity (Wildman–Crippen MR) is 89.1 cm³/mol. The molecule has 0 saturated carbocycles. The van der Waals surface area contributed by atoms with Crippen LogP contribution in [0.4, 0.5) is 8.78 Å². The lowest BCUT2D eigenvalue weighted by atomic mass is 10.1. The van der Waals surface area contributed by atoms with Crippen LogP contribution in [0.1, 0.15) is 29.1 Å². The predicted octanol–water partition coefficient (Wildman–Crippen LogP) is 3.19. The maximum Gasteiger partial charge on any atom is 0.254 e. The fourth-order valence-electron chi connectivity index (χ4n) is 2.24. The van der Waals surface area contributed by atoms with Crippen LogP contribution in [0.2, 0.25) is 0 Å². The van der Waals surface area contributed by atoms with Gasteiger partial charge in [-0.3, -0.25) is 4.79 Å². The molecule has 0 saturated heterocycles. The van der Waals surface area contributed by atoms with Crippen molar-refractivity contribution in [2.24, 2.45) is 0 Å². The van der Waals surface area contributed by atoms with Crippen LogP contribution >= 0.6 is 15.9 Å². The minimum atomic E-state index is -0.933. The molecule has 0 aliphatic heterocycles. The van der Waals surface area contributed by atoms with Crippen molar-refractivity contribution in [3.63, 3.8) is 0 Å². The molecule has 1 atom stereocenters. The number of hydrogen-bond acceptors (Lipinski definition) is 4. The van der Waals surface area contributed by atoms with Crippen LogP contribution in [-0.2, 0) is 0 Å². The number of tetrazole rings is 1. The zero-order valence-corrected chi connectivity index (χ0v) is 14.5. The van der Waals surface area contributed by atoms with Gasteiger partial charge >= 0.3 is 0 Å². The average Bonchev–Trinajstić information content (AvgIpc) is 3.05. The molecule has 6 nitrogen and oxygen atoms in total. The first-order valence-corrected chi connectivity index (χ1v) is 8.05. The largest absolute Gasteiger partial charge is 0.342 e. The summed E-state index contributed by atoms with van der Waals surface area (Å²) in [5, 5.41) is 14.1. The van der Waals surface area contributed by atoms with Gasteiger partial charge in [0.25, 0.3) is 5.91 Å². The van der Waals surface area contributed by atoms with Gasteiger partial charge < -0.3 is 5.32 Å². The van der Waals surface area contributed by atoms with E-state index >= 15 is 0 Å². The van der Waals surface area contributed by atoms with Crippen LogP contribution in [0, 0.1) is 11.6 Å². The summed E-state index contributed by atoms with van der Waals surface area (Å²) in [7, 11) is 0. The lowest BCUT2D eigenvalue weighted by molar-refractivity contribution is 0.0933. The molecule has 1 aromatic heterocycles. The van der Waals surface area contributed by atoms with Crippen molar-refractivity contribution < 1.29 is 13.6 Å². The third-order valence-corrected chi connectivity index (χ3v) is 4.00. The lowest BCUT2D eigenvalue weighted by Gasteiger charge is -2.14. The molecular formula is C16H12BrF2N5O. The first-order chi connectivity index (χ1) is 12.0. The Bertz CT molecular complexity index is 913. The van der Waals surface area contributed by atoms with Crippen molar-refractivity contribution in [1.29, 1.82) is 0 Å². The fraction of sp³-hybridized carbons (Fsp3) is 0.125. The molecule has 3 rings (SSSR count). The molecule has 128 valence electrons. The van der Waals surface area contributed by atoms with E-state index in [1.807, 2.05) is 12.1 Å². The molecule has 25 heavy (non-hydrogen) atoms. The molecule has 1 N–H and O–H groups in total. The third-order valence-electron chi connectivity index (χ3n) is 3.48. The first kappa shape index (κ1) is 17.2. The minimum Gasteiger partial charge on any atom is -0.342 e. The van der Waals surface area contributed by atoms with Gasteiger partial charge in [-0.15, -0.1) is 5.10 Å². The molecule has 2 aromatic carbocycles. The molecule has 0 fully saturated rings. The van der Waals surface area contributed by atoms with Crippen LogP contribution < -0.4 is 5.32 Å². The number of halogens is 3. The molecule has 1 unspecified atom stereocenters. The molecule has 3 aromatic rings. The van der Waals surface area contributed by atoms with Gasteiger partial charge in [0.1, 0.15) is 11.6 Å². The fourth-order valence-corrected chi connectivity index (χ4v) is 2.51. The molecule has 9 heteroatoms. The number of carbonyl (C=O) groups is 1. The molecule has 0 spiro atoms. The maximum atomic E-state index is 13.7. The summed E-state index contributed by atoms with van der Waals surface area (Å²) in [4.78, 5) is 12.2. The second kappa shape index (κ2) is 7.06. The van der Waals surface area contributed by atoms with Crippen LogP contribution in [0.3, 0.4) is 0 Å². The van der Waals surface area contributed by atoms with Crippen molar-refractivity contribution >= 4 is 21.8 Å². The summed E-state index contributed by atoms with van der Waals surface area (Å²) < 4.78 is 29.1. The van der Waals surface area contributed by atoms with Gasteiger partial charge in [-0.2, -0.15) is 4.68 Å². The minimum absolute atomic E-state index is 0.254. The lowest BCUT2D eigenvalue weighted by Crippen LogP contribution is -2.29. The van der Waals surface area contributed by atoms with E-state index in [1.165, 1.54) is 4.68 Å². The zero-order valence-electron chi connectivity index (χ0n) is 12.9. The topological polar surface area (TPSA) is 72.7 Å². The number of hydrogen-bond donors (Lipinski definition) is 1. The second-order valence-corrected chi connectivity index (χ2v) is 6.16. The van der Waals surface area contributed by atoms with Crippen molar-refractivity contribution in [1.82, 2.24) is 25.5 Å². The highest BCUT2D eigenvalue weighted by Crippen LogP contribution is 2.18. The molecule has 0 bridgehead atoms. The highest BCUT2D eigenvalue weighted by molar-refractivity contribution is 9.10. The van der Waals surface area contributed by atoms with E-state index in [-0.39, 0.29) is 5.56 Å². The quantitative estimate of drug-likeness (QED) is 0.720. The number of nitrogens with zero attached hydrogens (tertiary/aromatic N) is 4. The Labute approximate surface area is 150 Å². The molecule has 0 aliphatic rings. The van der Waals surface area contributed by atoms with Gasteiger partial charge in [-0.1, -0.05) is 15.9 Å². The summed E-state index contributed by atoms with van der Waals surface area (Å²) in [6.45, 7) is 1.67. The zero-order chi connectivity index (χ0) is 18.0. The molecule has 0 aliphatic carbocycles. The number of aromatic nitrogens is 4. The molecule has 1 amide bonds. The van der Waals surface area contributed by atoms with Gasteiger partial charge in [0.2, 0.25) is 0 Å². The molecule has 1 heterocycles. The summed E-state index contributed by atoms with van der Waals surface area (Å²) >= 11 is 3.35. The number of carbonyl (C=O) groups excluding carboxylic acids is 1. The Balaban J connectivity index is 1.82. The van der Waals surface area contributed by atoms with E-state index in [1.54, 1.807) is 19.1 Å². The number of nitrogens with one attached hydrogen (secondary N) is 1. The van der Waals surface area contributed by atoms with Crippen molar-refractivity contribution in [3.8, 4) is 5.69 Å². The summed E-state index contributed by atoms with van der Waals surface area (Å²) in [6.07, 6.45) is 0. The number of amides is 1. The van der Waals surface area contributed by atoms with E-state index < -0.39 is 23.6 Å². The standard InChI is InChI=1S/C16H12BrF2N5O/c1-9(20-16(25)13-7-4-11(18)8-14(13)19)15-21-22-23-24(15)12-5-2-10(17)3-6-12/h2-9H,1H3,(H,20,25). The Morgan fingerprint density at radius 1 is 1.20 bits per heavy atom. The van der Waals surface area contributed by atoms with Crippen LogP contribution in [0.15, 0.2) is 46.9 Å². The van der Waals surface area contributed by atoms with Crippen molar-refractivity contribution in [3.05, 3.63) is 70.0 Å². The van der Waals surface area contributed by atoms with Crippen LogP contribution in [0.5, 0.6) is 0 Å². The van der Waals surface area contributed by atoms with Gasteiger partial charge in [-0.25, -0.2) is 8.78 Å². The Morgan fingerprint density at radius 2 is 1.92 bits per heavy atom. The average molecular weight is 408 g/mol. The van der Waals surface area contributed by atoms with E-state index in [0.29, 0.717) is 17.6 Å². The van der Waals surface area contributed by atoms with Gasteiger partial charge in [0, 0.05) is 10.5 Å². The monoisotopic (exact) mass is 407 g/mol. The molecule has 0 radical (unpaired) electrons. The third kappa shape index (κ3) is 3.71. The van der Waals surface area contributed by atoms with E-state index in [9.17, 15) is 13.6 Å². The highest BCUT2D eigenvalue weighted by atomic mass is 79.9. The summed E-state index contributed by atoms with van der Waals surface area (Å²) in [5.74, 6) is -1.99. The maximum absolute atomic E-state index is 13.7. The first-order valence-electron chi connectivity index (χ1n) is 7.26. The highest BCUT2D eigenvalue weighted by Gasteiger charge is 2.20. The Kier molecular flexibility index (Phi) is 4.84. The van der Waals surface area contributed by atoms with Crippen LogP contribution in [0.25, 0.3) is 5.69 Å². The van der Waals surface area contributed by atoms with E-state index in [2.05, 4.69) is 36.8 Å². The Morgan fingerprint density at radius 3 is 2.60 bits per heavy atom. The Hall–Kier alpha value is -2.68. The van der Waals surface area contributed by atoms with Crippen molar-refractivity contribution in [2.75, 3.05) is 0 Å². The number of rotatable bonds is 4. The smallest absolute Gasteiger partial charge is 0.254 e. The van der Waals surface area contributed by atoms with Crippen molar-refractivity contribution in [2.45, 2.75) is 13.0 Å². The summed E-state index contributed by atoms with van der Waals surface area (Å²) in [6, 6.07) is 9.44. The van der Waals surface area contributed by atoms with Crippen LogP contribution in [-0.4, -0.2) is 26.1 Å². The van der Waals surface area contributed by atoms with Gasteiger partial charge in [-0.05, 0) is 53.7 Å². The summed E-state index contributed by atoms with van der Waals surface area (Å²) in [5.41, 5.74) is 0.452. The normalized spacial score (nSPS) is 12.0. The number of benzene rings is 2. The van der Waals surface area contributed by atoms with Gasteiger partial charge in [0.05, 0.1) is 17.3 Å². The SMILES string of the molecule is CC(NC(=O)c1ccc(F)cc1F)c1nnnn1-c1ccc(Br)cc1.